The normalized spacial score (nSPS) is 21.5. The third-order valence-corrected chi connectivity index (χ3v) is 5.19. The van der Waals surface area contributed by atoms with Crippen LogP contribution in [0.25, 0.3) is 0 Å². The molecule has 2 aliphatic rings. The van der Waals surface area contributed by atoms with Crippen LogP contribution in [-0.2, 0) is 4.79 Å². The van der Waals surface area contributed by atoms with E-state index in [-0.39, 0.29) is 11.7 Å². The van der Waals surface area contributed by atoms with Crippen LogP contribution in [0, 0.1) is 5.82 Å². The molecule has 0 radical (unpaired) electrons. The van der Waals surface area contributed by atoms with E-state index in [4.69, 9.17) is 4.74 Å². The quantitative estimate of drug-likeness (QED) is 0.848. The largest absolute Gasteiger partial charge is 0.481 e. The van der Waals surface area contributed by atoms with Crippen LogP contribution >= 0.6 is 0 Å². The molecule has 1 atom stereocenters. The van der Waals surface area contributed by atoms with E-state index in [0.29, 0.717) is 11.8 Å². The molecule has 1 saturated heterocycles. The summed E-state index contributed by atoms with van der Waals surface area (Å²) in [5.41, 5.74) is 0. The summed E-state index contributed by atoms with van der Waals surface area (Å²) in [6, 6.07) is 6.51. The van der Waals surface area contributed by atoms with Crippen molar-refractivity contribution in [3.8, 4) is 5.75 Å². The van der Waals surface area contributed by atoms with Crippen molar-refractivity contribution in [2.24, 2.45) is 0 Å². The van der Waals surface area contributed by atoms with E-state index in [1.165, 1.54) is 44.2 Å². The fourth-order valence-corrected chi connectivity index (χ4v) is 3.78. The first-order valence-electron chi connectivity index (χ1n) is 9.08. The van der Waals surface area contributed by atoms with Gasteiger partial charge in [-0.3, -0.25) is 9.69 Å². The first kappa shape index (κ1) is 17.2. The Kier molecular flexibility index (Phi) is 5.72. The van der Waals surface area contributed by atoms with Gasteiger partial charge < -0.3 is 9.64 Å². The van der Waals surface area contributed by atoms with Crippen molar-refractivity contribution in [1.29, 1.82) is 0 Å². The van der Waals surface area contributed by atoms with Crippen molar-refractivity contribution in [3.63, 3.8) is 0 Å². The Morgan fingerprint density at radius 2 is 1.71 bits per heavy atom. The van der Waals surface area contributed by atoms with Crippen LogP contribution in [0.1, 0.15) is 39.0 Å². The number of piperazine rings is 1. The first-order chi connectivity index (χ1) is 11.6. The highest BCUT2D eigenvalue weighted by Gasteiger charge is 2.29. The molecule has 5 heteroatoms. The Morgan fingerprint density at radius 1 is 1.08 bits per heavy atom. The minimum atomic E-state index is -0.545. The Balaban J connectivity index is 1.48. The lowest BCUT2D eigenvalue weighted by Crippen LogP contribution is -2.54. The minimum absolute atomic E-state index is 0.0163. The molecule has 1 amide bonds. The van der Waals surface area contributed by atoms with E-state index in [2.05, 4.69) is 4.90 Å². The third kappa shape index (κ3) is 4.26. The van der Waals surface area contributed by atoms with Crippen LogP contribution in [0.3, 0.4) is 0 Å². The summed E-state index contributed by atoms with van der Waals surface area (Å²) in [6.07, 6.45) is 6.11. The smallest absolute Gasteiger partial charge is 0.263 e. The Bertz CT molecular complexity index is 535. The first-order valence-corrected chi connectivity index (χ1v) is 9.08. The van der Waals surface area contributed by atoms with Gasteiger partial charge in [-0.15, -0.1) is 0 Å². The molecule has 0 bridgehead atoms. The van der Waals surface area contributed by atoms with E-state index in [1.807, 2.05) is 4.90 Å². The predicted octanol–water partition coefficient (Wildman–Crippen LogP) is 3.07. The monoisotopic (exact) mass is 334 g/mol. The maximum Gasteiger partial charge on any atom is 0.263 e. The van der Waals surface area contributed by atoms with E-state index in [9.17, 15) is 9.18 Å². The van der Waals surface area contributed by atoms with Crippen molar-refractivity contribution in [2.45, 2.75) is 51.2 Å². The lowest BCUT2D eigenvalue weighted by molar-refractivity contribution is -0.140. The molecule has 1 aliphatic heterocycles. The SMILES string of the molecule is CC(Oc1ccc(F)cc1)C(=O)N1CCN(C2CCCCC2)CC1. The lowest BCUT2D eigenvalue weighted by atomic mass is 9.94. The number of nitrogens with zero attached hydrogens (tertiary/aromatic N) is 2. The van der Waals surface area contributed by atoms with Crippen molar-refractivity contribution in [2.75, 3.05) is 26.2 Å². The molecule has 4 nitrogen and oxygen atoms in total. The second-order valence-corrected chi connectivity index (χ2v) is 6.87. The average molecular weight is 334 g/mol. The molecule has 0 spiro atoms. The summed E-state index contributed by atoms with van der Waals surface area (Å²) in [5.74, 6) is 0.237. The van der Waals surface area contributed by atoms with Crippen LogP contribution in [0.15, 0.2) is 24.3 Å². The van der Waals surface area contributed by atoms with Gasteiger partial charge in [0.1, 0.15) is 11.6 Å². The van der Waals surface area contributed by atoms with Gasteiger partial charge in [-0.2, -0.15) is 0 Å². The number of hydrogen-bond acceptors (Lipinski definition) is 3. The van der Waals surface area contributed by atoms with Gasteiger partial charge in [0.15, 0.2) is 6.10 Å². The predicted molar refractivity (Wildman–Crippen MR) is 91.5 cm³/mol. The molecule has 2 fully saturated rings. The standard InChI is InChI=1S/C19H27FN2O2/c1-15(24-18-9-7-16(20)8-10-18)19(23)22-13-11-21(12-14-22)17-5-3-2-4-6-17/h7-10,15,17H,2-6,11-14H2,1H3. The number of hydrogen-bond donors (Lipinski definition) is 0. The molecular weight excluding hydrogens is 307 g/mol. The number of carbonyl (C=O) groups excluding carboxylic acids is 1. The van der Waals surface area contributed by atoms with Gasteiger partial charge in [0.05, 0.1) is 0 Å². The van der Waals surface area contributed by atoms with Gasteiger partial charge in [0.2, 0.25) is 0 Å². The molecule has 1 aromatic rings. The summed E-state index contributed by atoms with van der Waals surface area (Å²) in [4.78, 5) is 17.0. The molecule has 1 saturated carbocycles. The number of carbonyl (C=O) groups is 1. The summed E-state index contributed by atoms with van der Waals surface area (Å²) < 4.78 is 18.6. The molecule has 0 aromatic heterocycles. The van der Waals surface area contributed by atoms with Crippen LogP contribution in [0.4, 0.5) is 4.39 Å². The van der Waals surface area contributed by atoms with Gasteiger partial charge in [-0.25, -0.2) is 4.39 Å². The van der Waals surface area contributed by atoms with Gasteiger partial charge in [0, 0.05) is 32.2 Å². The Hall–Kier alpha value is -1.62. The highest BCUT2D eigenvalue weighted by molar-refractivity contribution is 5.81. The van der Waals surface area contributed by atoms with Crippen molar-refractivity contribution < 1.29 is 13.9 Å². The number of amides is 1. The highest BCUT2D eigenvalue weighted by atomic mass is 19.1. The number of halogens is 1. The second kappa shape index (κ2) is 7.97. The number of benzene rings is 1. The second-order valence-electron chi connectivity index (χ2n) is 6.87. The summed E-state index contributed by atoms with van der Waals surface area (Å²) in [7, 11) is 0. The maximum absolute atomic E-state index is 12.9. The minimum Gasteiger partial charge on any atom is -0.481 e. The fourth-order valence-electron chi connectivity index (χ4n) is 3.78. The summed E-state index contributed by atoms with van der Waals surface area (Å²) in [5, 5.41) is 0. The highest BCUT2D eigenvalue weighted by Crippen LogP contribution is 2.23. The van der Waals surface area contributed by atoms with Crippen molar-refractivity contribution in [3.05, 3.63) is 30.1 Å². The lowest BCUT2D eigenvalue weighted by Gasteiger charge is -2.41. The molecule has 132 valence electrons. The zero-order valence-electron chi connectivity index (χ0n) is 14.4. The van der Waals surface area contributed by atoms with E-state index >= 15 is 0 Å². The summed E-state index contributed by atoms with van der Waals surface area (Å²) >= 11 is 0. The summed E-state index contributed by atoms with van der Waals surface area (Å²) in [6.45, 7) is 5.22. The van der Waals surface area contributed by atoms with Crippen LogP contribution in [0.5, 0.6) is 5.75 Å². The Morgan fingerprint density at radius 3 is 2.33 bits per heavy atom. The fraction of sp³-hybridized carbons (Fsp3) is 0.632. The molecule has 1 aliphatic carbocycles. The van der Waals surface area contributed by atoms with Gasteiger partial charge in [-0.05, 0) is 44.0 Å². The number of ether oxygens (including phenoxy) is 1. The average Bonchev–Trinajstić information content (AvgIpc) is 2.64. The molecule has 3 rings (SSSR count). The number of rotatable bonds is 4. The molecule has 1 heterocycles. The van der Waals surface area contributed by atoms with E-state index in [1.54, 1.807) is 19.1 Å². The van der Waals surface area contributed by atoms with Crippen LogP contribution in [-0.4, -0.2) is 54.0 Å². The van der Waals surface area contributed by atoms with Gasteiger partial charge >= 0.3 is 0 Å². The third-order valence-electron chi connectivity index (χ3n) is 5.19. The zero-order valence-corrected chi connectivity index (χ0v) is 14.4. The molecule has 0 N–H and O–H groups in total. The molecule has 1 unspecified atom stereocenters. The zero-order chi connectivity index (χ0) is 16.9. The van der Waals surface area contributed by atoms with Crippen LogP contribution < -0.4 is 4.74 Å². The van der Waals surface area contributed by atoms with E-state index < -0.39 is 6.10 Å². The maximum atomic E-state index is 12.9. The molecule has 24 heavy (non-hydrogen) atoms. The Labute approximate surface area is 143 Å². The van der Waals surface area contributed by atoms with Gasteiger partial charge in [-0.1, -0.05) is 19.3 Å². The van der Waals surface area contributed by atoms with Crippen LogP contribution in [0.2, 0.25) is 0 Å². The van der Waals surface area contributed by atoms with E-state index in [0.717, 1.165) is 26.2 Å². The van der Waals surface area contributed by atoms with Crippen molar-refractivity contribution >= 4 is 5.91 Å². The molecular formula is C19H27FN2O2. The van der Waals surface area contributed by atoms with Gasteiger partial charge in [0.25, 0.3) is 5.91 Å². The van der Waals surface area contributed by atoms with Crippen molar-refractivity contribution in [1.82, 2.24) is 9.80 Å². The topological polar surface area (TPSA) is 32.8 Å². The molecule has 1 aromatic carbocycles.